The number of hydrogen-bond donors (Lipinski definition) is 3. The van der Waals surface area contributed by atoms with E-state index in [0.717, 1.165) is 11.8 Å². The summed E-state index contributed by atoms with van der Waals surface area (Å²) in [6, 6.07) is 3.52. The number of rotatable bonds is 6. The van der Waals surface area contributed by atoms with Crippen molar-refractivity contribution < 1.29 is 19.8 Å². The van der Waals surface area contributed by atoms with E-state index in [1.807, 2.05) is 0 Å². The number of aliphatic carboxylic acids is 1. The van der Waals surface area contributed by atoms with E-state index in [-0.39, 0.29) is 5.75 Å². The Morgan fingerprint density at radius 1 is 1.40 bits per heavy atom. The fraction of sp³-hybridized carbons (Fsp3) is 0.333. The Hall–Kier alpha value is -0.950. The van der Waals surface area contributed by atoms with Gasteiger partial charge in [-0.05, 0) is 25.1 Å². The van der Waals surface area contributed by atoms with Crippen LogP contribution in [0.4, 0.5) is 0 Å². The maximum Gasteiger partial charge on any atom is 0.328 e. The van der Waals surface area contributed by atoms with Crippen LogP contribution in [0.5, 0.6) is 0 Å². The molecule has 0 aliphatic rings. The highest BCUT2D eigenvalue weighted by Gasteiger charge is 2.24. The zero-order valence-corrected chi connectivity index (χ0v) is 12.8. The zero-order valence-electron chi connectivity index (χ0n) is 10.5. The maximum absolute atomic E-state index is 11.6. The van der Waals surface area contributed by atoms with Gasteiger partial charge in [0.05, 0.1) is 16.9 Å². The van der Waals surface area contributed by atoms with Gasteiger partial charge in [-0.25, -0.2) is 4.79 Å². The second kappa shape index (κ2) is 7.73. The van der Waals surface area contributed by atoms with Crippen molar-refractivity contribution >= 4 is 46.8 Å². The molecular formula is C12H13Cl2NO4S. The molecule has 2 atom stereocenters. The van der Waals surface area contributed by atoms with Crippen molar-refractivity contribution in [1.82, 2.24) is 5.32 Å². The van der Waals surface area contributed by atoms with Gasteiger partial charge in [-0.2, -0.15) is 0 Å². The quantitative estimate of drug-likeness (QED) is 0.691. The number of halogens is 2. The van der Waals surface area contributed by atoms with Gasteiger partial charge in [-0.15, -0.1) is 11.8 Å². The number of aliphatic hydroxyl groups excluding tert-OH is 1. The fourth-order valence-electron chi connectivity index (χ4n) is 1.33. The molecular weight excluding hydrogens is 325 g/mol. The maximum atomic E-state index is 11.6. The fourth-order valence-corrected chi connectivity index (χ4v) is 2.64. The topological polar surface area (TPSA) is 86.6 Å². The number of benzene rings is 1. The summed E-state index contributed by atoms with van der Waals surface area (Å²) in [5.41, 5.74) is 0. The first-order chi connectivity index (χ1) is 9.31. The number of carboxylic acid groups (broad SMARTS) is 1. The van der Waals surface area contributed by atoms with Crippen LogP contribution in [-0.4, -0.2) is 40.0 Å². The molecule has 0 saturated carbocycles. The van der Waals surface area contributed by atoms with Crippen LogP contribution >= 0.6 is 35.0 Å². The van der Waals surface area contributed by atoms with Crippen molar-refractivity contribution in [3.05, 3.63) is 28.2 Å². The largest absolute Gasteiger partial charge is 0.480 e. The van der Waals surface area contributed by atoms with Crippen LogP contribution in [0.2, 0.25) is 10.0 Å². The molecule has 0 aliphatic heterocycles. The number of amides is 1. The summed E-state index contributed by atoms with van der Waals surface area (Å²) in [5.74, 6) is -1.84. The number of carbonyl (C=O) groups excluding carboxylic acids is 1. The van der Waals surface area contributed by atoms with E-state index in [1.54, 1.807) is 18.2 Å². The van der Waals surface area contributed by atoms with Gasteiger partial charge in [0.15, 0.2) is 6.04 Å². The van der Waals surface area contributed by atoms with Crippen LogP contribution in [0.25, 0.3) is 0 Å². The van der Waals surface area contributed by atoms with Crippen LogP contribution in [0.15, 0.2) is 23.1 Å². The highest BCUT2D eigenvalue weighted by atomic mass is 35.5. The van der Waals surface area contributed by atoms with Gasteiger partial charge in [0.25, 0.3) is 0 Å². The molecule has 110 valence electrons. The van der Waals surface area contributed by atoms with E-state index in [1.165, 1.54) is 6.92 Å². The van der Waals surface area contributed by atoms with E-state index in [2.05, 4.69) is 5.32 Å². The van der Waals surface area contributed by atoms with Crippen LogP contribution < -0.4 is 5.32 Å². The molecule has 0 fully saturated rings. The minimum atomic E-state index is -1.34. The smallest absolute Gasteiger partial charge is 0.328 e. The first-order valence-electron chi connectivity index (χ1n) is 5.59. The Morgan fingerprint density at radius 2 is 2.05 bits per heavy atom. The minimum absolute atomic E-state index is 0.0312. The molecule has 8 heteroatoms. The van der Waals surface area contributed by atoms with Crippen molar-refractivity contribution in [2.24, 2.45) is 0 Å². The second-order valence-electron chi connectivity index (χ2n) is 3.99. The van der Waals surface area contributed by atoms with Gasteiger partial charge in [0, 0.05) is 9.92 Å². The monoisotopic (exact) mass is 337 g/mol. The van der Waals surface area contributed by atoms with Crippen LogP contribution in [0.1, 0.15) is 6.92 Å². The highest BCUT2D eigenvalue weighted by molar-refractivity contribution is 8.00. The van der Waals surface area contributed by atoms with E-state index < -0.39 is 24.0 Å². The molecule has 1 rings (SSSR count). The normalized spacial score (nSPS) is 13.6. The number of hydrogen-bond acceptors (Lipinski definition) is 4. The van der Waals surface area contributed by atoms with E-state index in [9.17, 15) is 14.7 Å². The average Bonchev–Trinajstić information content (AvgIpc) is 2.36. The summed E-state index contributed by atoms with van der Waals surface area (Å²) in [6.45, 7) is 1.29. The summed E-state index contributed by atoms with van der Waals surface area (Å²) in [5, 5.41) is 21.3. The number of nitrogens with one attached hydrogen (secondary N) is 1. The molecule has 0 aromatic heterocycles. The lowest BCUT2D eigenvalue weighted by Gasteiger charge is -2.16. The highest BCUT2D eigenvalue weighted by Crippen LogP contribution is 2.29. The molecule has 5 nitrogen and oxygen atoms in total. The van der Waals surface area contributed by atoms with Crippen LogP contribution in [-0.2, 0) is 9.59 Å². The van der Waals surface area contributed by atoms with E-state index in [0.29, 0.717) is 14.9 Å². The number of carbonyl (C=O) groups is 2. The third-order valence-corrected chi connectivity index (χ3v) is 4.05. The number of carboxylic acids is 1. The van der Waals surface area contributed by atoms with Crippen molar-refractivity contribution in [1.29, 1.82) is 0 Å². The van der Waals surface area contributed by atoms with E-state index >= 15 is 0 Å². The van der Waals surface area contributed by atoms with E-state index in [4.69, 9.17) is 28.3 Å². The summed E-state index contributed by atoms with van der Waals surface area (Å²) in [4.78, 5) is 23.1. The second-order valence-corrected chi connectivity index (χ2v) is 5.85. The Morgan fingerprint density at radius 3 is 2.60 bits per heavy atom. The van der Waals surface area contributed by atoms with Crippen molar-refractivity contribution in [3.63, 3.8) is 0 Å². The molecule has 0 radical (unpaired) electrons. The van der Waals surface area contributed by atoms with Crippen molar-refractivity contribution in [3.8, 4) is 0 Å². The molecule has 0 aliphatic carbocycles. The molecule has 0 spiro atoms. The van der Waals surface area contributed by atoms with Crippen molar-refractivity contribution in [2.75, 3.05) is 5.75 Å². The predicted molar refractivity (Wildman–Crippen MR) is 78.4 cm³/mol. The molecule has 1 aromatic carbocycles. The lowest BCUT2D eigenvalue weighted by molar-refractivity contribution is -0.144. The van der Waals surface area contributed by atoms with Gasteiger partial charge < -0.3 is 15.5 Å². The third kappa shape index (κ3) is 5.20. The third-order valence-electron chi connectivity index (χ3n) is 2.32. The zero-order chi connectivity index (χ0) is 15.3. The Bertz CT molecular complexity index is 510. The molecule has 1 aromatic rings. The van der Waals surface area contributed by atoms with Crippen LogP contribution in [0.3, 0.4) is 0 Å². The SMILES string of the molecule is C[C@@H](O)[C@H](NC(=O)CSc1cc(Cl)ccc1Cl)C(=O)O. The predicted octanol–water partition coefficient (Wildman–Crippen LogP) is 2.04. The van der Waals surface area contributed by atoms with Gasteiger partial charge >= 0.3 is 5.97 Å². The van der Waals surface area contributed by atoms with Gasteiger partial charge in [0.1, 0.15) is 0 Å². The van der Waals surface area contributed by atoms with Crippen LogP contribution in [0, 0.1) is 0 Å². The molecule has 3 N–H and O–H groups in total. The summed E-state index contributed by atoms with van der Waals surface area (Å²) in [7, 11) is 0. The lowest BCUT2D eigenvalue weighted by Crippen LogP contribution is -2.48. The molecule has 0 bridgehead atoms. The molecule has 0 unspecified atom stereocenters. The van der Waals surface area contributed by atoms with Gasteiger partial charge in [0.2, 0.25) is 5.91 Å². The van der Waals surface area contributed by atoms with Gasteiger partial charge in [-0.3, -0.25) is 4.79 Å². The lowest BCUT2D eigenvalue weighted by atomic mass is 10.2. The Kier molecular flexibility index (Phi) is 6.61. The standard InChI is InChI=1S/C12H13Cl2NO4S/c1-6(16)11(12(18)19)15-10(17)5-20-9-4-7(13)2-3-8(9)14/h2-4,6,11,16H,5H2,1H3,(H,15,17)(H,18,19)/t6-,11+/m1/s1. The Balaban J connectivity index is 2.59. The number of aliphatic hydroxyl groups is 1. The Labute approximate surface area is 130 Å². The molecule has 1 amide bonds. The van der Waals surface area contributed by atoms with Crippen molar-refractivity contribution in [2.45, 2.75) is 24.0 Å². The molecule has 0 saturated heterocycles. The average molecular weight is 338 g/mol. The van der Waals surface area contributed by atoms with Gasteiger partial charge in [-0.1, -0.05) is 23.2 Å². The summed E-state index contributed by atoms with van der Waals surface area (Å²) < 4.78 is 0. The molecule has 0 heterocycles. The minimum Gasteiger partial charge on any atom is -0.480 e. The summed E-state index contributed by atoms with van der Waals surface area (Å²) in [6.07, 6.45) is -1.18. The first-order valence-corrected chi connectivity index (χ1v) is 7.33. The molecule has 20 heavy (non-hydrogen) atoms. The summed E-state index contributed by atoms with van der Waals surface area (Å²) >= 11 is 12.9. The first kappa shape index (κ1) is 17.1. The number of thioether (sulfide) groups is 1.